The summed E-state index contributed by atoms with van der Waals surface area (Å²) in [6, 6.07) is 13.1. The summed E-state index contributed by atoms with van der Waals surface area (Å²) in [5.74, 6) is -0.888. The molecule has 1 amide bonds. The molecule has 1 atom stereocenters. The van der Waals surface area contributed by atoms with E-state index in [0.717, 1.165) is 11.1 Å². The topological polar surface area (TPSA) is 65.6 Å². The van der Waals surface area contributed by atoms with E-state index in [2.05, 4.69) is 10.2 Å². The molecule has 0 saturated heterocycles. The maximum atomic E-state index is 13.3. The highest BCUT2D eigenvalue weighted by atomic mass is 19.1. The van der Waals surface area contributed by atoms with Crippen LogP contribution in [-0.4, -0.2) is 5.91 Å². The predicted octanol–water partition coefficient (Wildman–Crippen LogP) is 3.59. The van der Waals surface area contributed by atoms with Crippen LogP contribution in [0.2, 0.25) is 0 Å². The molecule has 0 N–H and O–H groups in total. The van der Waals surface area contributed by atoms with Crippen LogP contribution in [-0.2, 0) is 6.42 Å². The quantitative estimate of drug-likeness (QED) is 0.843. The number of fused-ring (bicyclic) bond motifs is 1. The third kappa shape index (κ3) is 2.43. The minimum Gasteiger partial charge on any atom is -0.265 e. The first-order valence-corrected chi connectivity index (χ1v) is 6.41. The van der Waals surface area contributed by atoms with Gasteiger partial charge in [-0.2, -0.15) is 10.4 Å². The molecule has 0 aliphatic carbocycles. The Bertz CT molecular complexity index is 792. The molecule has 4 nitrogen and oxygen atoms in total. The van der Waals surface area contributed by atoms with Crippen molar-refractivity contribution < 1.29 is 9.18 Å². The Kier molecular flexibility index (Phi) is 3.28. The number of nitriles is 1. The first-order chi connectivity index (χ1) is 10.2. The Labute approximate surface area is 120 Å². The fraction of sp³-hybridized carbons (Fsp3) is 0.125. The minimum atomic E-state index is -0.540. The Hall–Kier alpha value is -2.87. The summed E-state index contributed by atoms with van der Waals surface area (Å²) in [6.07, 6.45) is 0.461. The van der Waals surface area contributed by atoms with E-state index in [1.807, 2.05) is 18.2 Å². The average Bonchev–Trinajstić information content (AvgIpc) is 2.52. The van der Waals surface area contributed by atoms with Crippen LogP contribution in [0.15, 0.2) is 52.7 Å². The molecular formula is C16H10FN3O. The van der Waals surface area contributed by atoms with Gasteiger partial charge < -0.3 is 0 Å². The SMILES string of the molecule is N#Cc1cc(CC2N=NC(=O)c3ccccc32)ccc1F. The van der Waals surface area contributed by atoms with E-state index < -0.39 is 5.82 Å². The van der Waals surface area contributed by atoms with Gasteiger partial charge in [0.25, 0.3) is 5.91 Å². The van der Waals surface area contributed by atoms with Crippen LogP contribution in [0.5, 0.6) is 0 Å². The highest BCUT2D eigenvalue weighted by Gasteiger charge is 2.23. The summed E-state index contributed by atoms with van der Waals surface area (Å²) in [7, 11) is 0. The average molecular weight is 279 g/mol. The van der Waals surface area contributed by atoms with Crippen LogP contribution >= 0.6 is 0 Å². The second-order valence-electron chi connectivity index (χ2n) is 4.75. The van der Waals surface area contributed by atoms with E-state index >= 15 is 0 Å². The van der Waals surface area contributed by atoms with Crippen molar-refractivity contribution in [1.82, 2.24) is 0 Å². The van der Waals surface area contributed by atoms with Gasteiger partial charge >= 0.3 is 0 Å². The van der Waals surface area contributed by atoms with Crippen molar-refractivity contribution in [3.8, 4) is 6.07 Å². The molecule has 1 heterocycles. The molecule has 1 unspecified atom stereocenters. The molecule has 0 fully saturated rings. The zero-order valence-corrected chi connectivity index (χ0v) is 11.0. The smallest absolute Gasteiger partial charge is 0.265 e. The van der Waals surface area contributed by atoms with E-state index in [1.165, 1.54) is 12.1 Å². The van der Waals surface area contributed by atoms with Crippen molar-refractivity contribution in [2.45, 2.75) is 12.5 Å². The van der Waals surface area contributed by atoms with Gasteiger partial charge in [-0.25, -0.2) is 4.39 Å². The van der Waals surface area contributed by atoms with Gasteiger partial charge in [0.05, 0.1) is 5.56 Å². The Balaban J connectivity index is 1.94. The van der Waals surface area contributed by atoms with Crippen LogP contribution in [0.25, 0.3) is 0 Å². The molecule has 0 bridgehead atoms. The summed E-state index contributed by atoms with van der Waals surface area (Å²) in [5.41, 5.74) is 2.13. The van der Waals surface area contributed by atoms with Gasteiger partial charge in [0.2, 0.25) is 0 Å². The number of hydrogen-bond acceptors (Lipinski definition) is 3. The van der Waals surface area contributed by atoms with Gasteiger partial charge in [-0.15, -0.1) is 5.11 Å². The fourth-order valence-corrected chi connectivity index (χ4v) is 2.38. The van der Waals surface area contributed by atoms with E-state index in [-0.39, 0.29) is 17.5 Å². The van der Waals surface area contributed by atoms with Crippen molar-refractivity contribution in [1.29, 1.82) is 5.26 Å². The van der Waals surface area contributed by atoms with Crippen molar-refractivity contribution in [3.63, 3.8) is 0 Å². The van der Waals surface area contributed by atoms with Gasteiger partial charge in [0, 0.05) is 12.0 Å². The molecule has 1 aliphatic rings. The van der Waals surface area contributed by atoms with Crippen molar-refractivity contribution >= 4 is 5.91 Å². The van der Waals surface area contributed by atoms with E-state index in [0.29, 0.717) is 12.0 Å². The molecule has 102 valence electrons. The third-order valence-electron chi connectivity index (χ3n) is 3.42. The van der Waals surface area contributed by atoms with Crippen LogP contribution in [0, 0.1) is 17.1 Å². The maximum absolute atomic E-state index is 13.3. The normalized spacial score (nSPS) is 16.4. The van der Waals surface area contributed by atoms with Gasteiger partial charge in [0.15, 0.2) is 0 Å². The molecule has 3 rings (SSSR count). The van der Waals surface area contributed by atoms with Crippen LogP contribution in [0.1, 0.15) is 33.1 Å². The lowest BCUT2D eigenvalue weighted by atomic mass is 9.93. The number of hydrogen-bond donors (Lipinski definition) is 0. The van der Waals surface area contributed by atoms with Gasteiger partial charge in [-0.1, -0.05) is 24.3 Å². The Morgan fingerprint density at radius 1 is 1.24 bits per heavy atom. The molecule has 0 aromatic heterocycles. The molecule has 0 saturated carbocycles. The highest BCUT2D eigenvalue weighted by Crippen LogP contribution is 2.30. The third-order valence-corrected chi connectivity index (χ3v) is 3.42. The zero-order valence-electron chi connectivity index (χ0n) is 11.0. The second-order valence-corrected chi connectivity index (χ2v) is 4.75. The van der Waals surface area contributed by atoms with Gasteiger partial charge in [-0.3, -0.25) is 4.79 Å². The van der Waals surface area contributed by atoms with Crippen LogP contribution in [0.3, 0.4) is 0 Å². The summed E-state index contributed by atoms with van der Waals surface area (Å²) < 4.78 is 13.3. The van der Waals surface area contributed by atoms with E-state index in [1.54, 1.807) is 18.2 Å². The van der Waals surface area contributed by atoms with Gasteiger partial charge in [0.1, 0.15) is 17.9 Å². The predicted molar refractivity (Wildman–Crippen MR) is 73.2 cm³/mol. The number of halogens is 1. The lowest BCUT2D eigenvalue weighted by Crippen LogP contribution is -2.12. The number of carbonyl (C=O) groups is 1. The maximum Gasteiger partial charge on any atom is 0.295 e. The molecule has 2 aromatic carbocycles. The van der Waals surface area contributed by atoms with E-state index in [4.69, 9.17) is 5.26 Å². The Morgan fingerprint density at radius 2 is 2.05 bits per heavy atom. The second kappa shape index (κ2) is 5.25. The lowest BCUT2D eigenvalue weighted by Gasteiger charge is -2.18. The monoisotopic (exact) mass is 279 g/mol. The number of rotatable bonds is 2. The fourth-order valence-electron chi connectivity index (χ4n) is 2.38. The summed E-state index contributed by atoms with van der Waals surface area (Å²) in [6.45, 7) is 0. The summed E-state index contributed by atoms with van der Waals surface area (Å²) in [4.78, 5) is 11.7. The molecule has 0 spiro atoms. The number of carbonyl (C=O) groups excluding carboxylic acids is 1. The molecule has 5 heteroatoms. The number of nitrogens with zero attached hydrogens (tertiary/aromatic N) is 3. The largest absolute Gasteiger partial charge is 0.295 e. The van der Waals surface area contributed by atoms with Crippen molar-refractivity contribution in [2.24, 2.45) is 10.2 Å². The van der Waals surface area contributed by atoms with Crippen molar-refractivity contribution in [2.75, 3.05) is 0 Å². The summed E-state index contributed by atoms with van der Waals surface area (Å²) >= 11 is 0. The first-order valence-electron chi connectivity index (χ1n) is 6.41. The number of benzene rings is 2. The molecular weight excluding hydrogens is 269 g/mol. The molecule has 1 aliphatic heterocycles. The highest BCUT2D eigenvalue weighted by molar-refractivity contribution is 5.96. The minimum absolute atomic E-state index is 0.00427. The van der Waals surface area contributed by atoms with Crippen LogP contribution < -0.4 is 0 Å². The molecule has 0 radical (unpaired) electrons. The molecule has 21 heavy (non-hydrogen) atoms. The van der Waals surface area contributed by atoms with Crippen molar-refractivity contribution in [3.05, 3.63) is 70.5 Å². The lowest BCUT2D eigenvalue weighted by molar-refractivity contribution is 0.0984. The van der Waals surface area contributed by atoms with E-state index in [9.17, 15) is 9.18 Å². The first kappa shape index (κ1) is 13.1. The number of azo groups is 1. The van der Waals surface area contributed by atoms with Gasteiger partial charge in [-0.05, 0) is 29.3 Å². The standard InChI is InChI=1S/C16H10FN3O/c17-14-6-5-10(7-11(14)9-18)8-15-12-3-1-2-4-13(12)16(21)20-19-15/h1-7,15H,8H2. The zero-order chi connectivity index (χ0) is 14.8. The van der Waals surface area contributed by atoms with Crippen LogP contribution in [0.4, 0.5) is 4.39 Å². The Morgan fingerprint density at radius 3 is 2.86 bits per heavy atom. The summed E-state index contributed by atoms with van der Waals surface area (Å²) in [5, 5.41) is 16.5. The molecule has 2 aromatic rings. The number of amides is 1.